The summed E-state index contributed by atoms with van der Waals surface area (Å²) in [6.45, 7) is 4.59. The summed E-state index contributed by atoms with van der Waals surface area (Å²) in [6.07, 6.45) is 3.84. The van der Waals surface area contributed by atoms with Gasteiger partial charge in [-0.2, -0.15) is 23.5 Å². The van der Waals surface area contributed by atoms with Gasteiger partial charge in [0.15, 0.2) is 0 Å². The van der Waals surface area contributed by atoms with Gasteiger partial charge in [-0.3, -0.25) is 0 Å². The second kappa shape index (κ2) is 7.02. The van der Waals surface area contributed by atoms with E-state index in [0.29, 0.717) is 11.3 Å². The summed E-state index contributed by atoms with van der Waals surface area (Å²) in [5.41, 5.74) is 6.25. The zero-order chi connectivity index (χ0) is 10.4. The molecule has 3 atom stereocenters. The Kier molecular flexibility index (Phi) is 6.38. The molecule has 0 aliphatic carbocycles. The highest BCUT2D eigenvalue weighted by Crippen LogP contribution is 2.28. The number of hydrogen-bond donors (Lipinski definition) is 1. The lowest BCUT2D eigenvalue weighted by molar-refractivity contribution is 0.432. The Balaban J connectivity index is 2.21. The number of thioether (sulfide) groups is 2. The lowest BCUT2D eigenvalue weighted by Gasteiger charge is -2.28. The van der Waals surface area contributed by atoms with E-state index in [2.05, 4.69) is 37.4 Å². The zero-order valence-electron chi connectivity index (χ0n) is 9.37. The lowest BCUT2D eigenvalue weighted by atomic mass is 9.96. The van der Waals surface area contributed by atoms with Crippen LogP contribution in [0.2, 0.25) is 0 Å². The molecule has 0 aromatic heterocycles. The minimum Gasteiger partial charge on any atom is -0.327 e. The fourth-order valence-electron chi connectivity index (χ4n) is 1.98. The van der Waals surface area contributed by atoms with Crippen LogP contribution in [0.15, 0.2) is 0 Å². The molecule has 84 valence electrons. The summed E-state index contributed by atoms with van der Waals surface area (Å²) in [6, 6.07) is 0.425. The Bertz CT molecular complexity index is 146. The third kappa shape index (κ3) is 4.45. The fourth-order valence-corrected chi connectivity index (χ4v) is 4.82. The first-order valence-electron chi connectivity index (χ1n) is 5.69. The van der Waals surface area contributed by atoms with Gasteiger partial charge >= 0.3 is 0 Å². The van der Waals surface area contributed by atoms with E-state index in [1.807, 2.05) is 0 Å². The molecule has 1 nitrogen and oxygen atoms in total. The van der Waals surface area contributed by atoms with Gasteiger partial charge in [-0.15, -0.1) is 0 Å². The van der Waals surface area contributed by atoms with Crippen molar-refractivity contribution >= 4 is 23.5 Å². The van der Waals surface area contributed by atoms with Crippen molar-refractivity contribution in [1.82, 2.24) is 0 Å². The first-order valence-corrected chi connectivity index (χ1v) is 7.89. The molecule has 1 heterocycles. The summed E-state index contributed by atoms with van der Waals surface area (Å²) < 4.78 is 0. The number of rotatable bonds is 5. The topological polar surface area (TPSA) is 26.0 Å². The van der Waals surface area contributed by atoms with Crippen LogP contribution >= 0.6 is 23.5 Å². The van der Waals surface area contributed by atoms with Crippen molar-refractivity contribution in [3.8, 4) is 0 Å². The third-order valence-corrected chi connectivity index (χ3v) is 5.72. The first kappa shape index (κ1) is 12.7. The summed E-state index contributed by atoms with van der Waals surface area (Å²) in [5, 5.41) is 0.716. The van der Waals surface area contributed by atoms with E-state index >= 15 is 0 Å². The number of nitrogens with two attached hydrogens (primary N) is 1. The van der Waals surface area contributed by atoms with Gasteiger partial charge in [0.25, 0.3) is 0 Å². The van der Waals surface area contributed by atoms with Crippen molar-refractivity contribution in [2.24, 2.45) is 11.7 Å². The lowest BCUT2D eigenvalue weighted by Crippen LogP contribution is -2.37. The van der Waals surface area contributed by atoms with Gasteiger partial charge in [0, 0.05) is 28.6 Å². The van der Waals surface area contributed by atoms with Crippen LogP contribution in [0.4, 0.5) is 0 Å². The quantitative estimate of drug-likeness (QED) is 0.790. The second-order valence-electron chi connectivity index (χ2n) is 4.28. The number of hydrogen-bond acceptors (Lipinski definition) is 3. The molecule has 0 saturated carbocycles. The van der Waals surface area contributed by atoms with Crippen LogP contribution in [0.5, 0.6) is 0 Å². The summed E-state index contributed by atoms with van der Waals surface area (Å²) in [7, 11) is 0. The monoisotopic (exact) mass is 233 g/mol. The van der Waals surface area contributed by atoms with Gasteiger partial charge in [-0.25, -0.2) is 0 Å². The van der Waals surface area contributed by atoms with Crippen LogP contribution in [0.25, 0.3) is 0 Å². The van der Waals surface area contributed by atoms with Gasteiger partial charge in [-0.1, -0.05) is 26.7 Å². The molecule has 2 N–H and O–H groups in total. The van der Waals surface area contributed by atoms with Crippen molar-refractivity contribution in [2.75, 3.05) is 17.3 Å². The molecule has 1 fully saturated rings. The Morgan fingerprint density at radius 1 is 1.43 bits per heavy atom. The second-order valence-corrected chi connectivity index (χ2v) is 6.77. The first-order chi connectivity index (χ1) is 6.74. The summed E-state index contributed by atoms with van der Waals surface area (Å²) >= 11 is 4.16. The molecule has 1 saturated heterocycles. The molecule has 0 amide bonds. The molecular weight excluding hydrogens is 210 g/mol. The highest BCUT2D eigenvalue weighted by atomic mass is 32.2. The zero-order valence-corrected chi connectivity index (χ0v) is 11.0. The highest BCUT2D eigenvalue weighted by molar-refractivity contribution is 8.06. The largest absolute Gasteiger partial charge is 0.327 e. The predicted octanol–water partition coefficient (Wildman–Crippen LogP) is 2.99. The Hall–Kier alpha value is 0.660. The van der Waals surface area contributed by atoms with E-state index in [-0.39, 0.29) is 0 Å². The molecule has 3 unspecified atom stereocenters. The van der Waals surface area contributed by atoms with Crippen LogP contribution in [-0.2, 0) is 0 Å². The van der Waals surface area contributed by atoms with E-state index in [4.69, 9.17) is 5.73 Å². The van der Waals surface area contributed by atoms with Crippen LogP contribution in [0, 0.1) is 5.92 Å². The van der Waals surface area contributed by atoms with Gasteiger partial charge in [0.2, 0.25) is 0 Å². The molecule has 0 aromatic rings. The molecule has 1 rings (SSSR count). The van der Waals surface area contributed by atoms with E-state index in [9.17, 15) is 0 Å². The van der Waals surface area contributed by atoms with Crippen LogP contribution < -0.4 is 5.73 Å². The van der Waals surface area contributed by atoms with Crippen LogP contribution in [0.1, 0.15) is 33.1 Å². The average molecular weight is 233 g/mol. The molecule has 1 aliphatic rings. The molecule has 1 aliphatic heterocycles. The van der Waals surface area contributed by atoms with E-state index in [1.165, 1.54) is 36.5 Å². The Labute approximate surface area is 97.0 Å². The van der Waals surface area contributed by atoms with Crippen molar-refractivity contribution in [1.29, 1.82) is 0 Å². The Morgan fingerprint density at radius 3 is 2.79 bits per heavy atom. The minimum atomic E-state index is 0.425. The van der Waals surface area contributed by atoms with Crippen LogP contribution in [-0.4, -0.2) is 28.6 Å². The molecule has 0 spiro atoms. The van der Waals surface area contributed by atoms with Gasteiger partial charge < -0.3 is 5.73 Å². The van der Waals surface area contributed by atoms with Crippen molar-refractivity contribution < 1.29 is 0 Å². The molecular formula is C11H23NS2. The van der Waals surface area contributed by atoms with Crippen molar-refractivity contribution in [2.45, 2.75) is 44.4 Å². The maximum absolute atomic E-state index is 6.25. The van der Waals surface area contributed by atoms with E-state index < -0.39 is 0 Å². The molecule has 14 heavy (non-hydrogen) atoms. The molecule has 0 radical (unpaired) electrons. The predicted molar refractivity (Wildman–Crippen MR) is 70.2 cm³/mol. The van der Waals surface area contributed by atoms with E-state index in [1.54, 1.807) is 0 Å². The smallest absolute Gasteiger partial charge is 0.0289 e. The molecule has 0 aromatic carbocycles. The maximum Gasteiger partial charge on any atom is 0.0289 e. The van der Waals surface area contributed by atoms with Gasteiger partial charge in [-0.05, 0) is 12.3 Å². The van der Waals surface area contributed by atoms with Gasteiger partial charge in [0.1, 0.15) is 0 Å². The molecule has 3 heteroatoms. The maximum atomic E-state index is 6.25. The van der Waals surface area contributed by atoms with Gasteiger partial charge in [0.05, 0.1) is 0 Å². The van der Waals surface area contributed by atoms with E-state index in [0.717, 1.165) is 5.92 Å². The summed E-state index contributed by atoms with van der Waals surface area (Å²) in [5.74, 6) is 4.69. The summed E-state index contributed by atoms with van der Waals surface area (Å²) in [4.78, 5) is 0. The van der Waals surface area contributed by atoms with Crippen molar-refractivity contribution in [3.63, 3.8) is 0 Å². The minimum absolute atomic E-state index is 0.425. The average Bonchev–Trinajstić information content (AvgIpc) is 2.19. The normalized spacial score (nSPS) is 27.2. The molecule has 0 bridgehead atoms. The Morgan fingerprint density at radius 2 is 2.21 bits per heavy atom. The van der Waals surface area contributed by atoms with Crippen LogP contribution in [0.3, 0.4) is 0 Å². The SMILES string of the molecule is CCCC(C)CC(N)C1CSCCS1. The standard InChI is InChI=1S/C11H23NS2/c1-3-4-9(2)7-10(12)11-8-13-5-6-14-11/h9-11H,3-8,12H2,1-2H3. The fraction of sp³-hybridized carbons (Fsp3) is 1.00. The third-order valence-electron chi connectivity index (χ3n) is 2.78. The highest BCUT2D eigenvalue weighted by Gasteiger charge is 2.22. The van der Waals surface area contributed by atoms with Crippen molar-refractivity contribution in [3.05, 3.63) is 0 Å².